The fourth-order valence-electron chi connectivity index (χ4n) is 4.00. The number of carbonyl (C=O) groups excluding carboxylic acids is 2. The average molecular weight is 444 g/mol. The van der Waals surface area contributed by atoms with Crippen molar-refractivity contribution in [2.75, 3.05) is 36.2 Å². The highest BCUT2D eigenvalue weighted by molar-refractivity contribution is 7.99. The third kappa shape index (κ3) is 4.74. The first-order valence-corrected chi connectivity index (χ1v) is 11.5. The van der Waals surface area contributed by atoms with Gasteiger partial charge in [0.15, 0.2) is 0 Å². The number of thioether (sulfide) groups is 1. The van der Waals surface area contributed by atoms with Crippen LogP contribution < -0.4 is 10.2 Å². The van der Waals surface area contributed by atoms with Gasteiger partial charge in [0.25, 0.3) is 5.91 Å². The van der Waals surface area contributed by atoms with Gasteiger partial charge in [-0.2, -0.15) is 5.26 Å². The van der Waals surface area contributed by atoms with Gasteiger partial charge in [0, 0.05) is 37.5 Å². The van der Waals surface area contributed by atoms with E-state index in [1.165, 1.54) is 16.7 Å². The molecule has 0 spiro atoms. The van der Waals surface area contributed by atoms with E-state index < -0.39 is 12.2 Å². The summed E-state index contributed by atoms with van der Waals surface area (Å²) in [5.41, 5.74) is 1.94. The van der Waals surface area contributed by atoms with Crippen molar-refractivity contribution in [1.82, 2.24) is 15.2 Å². The summed E-state index contributed by atoms with van der Waals surface area (Å²) in [7, 11) is 0. The molecule has 2 saturated heterocycles. The van der Waals surface area contributed by atoms with Crippen LogP contribution in [0.2, 0.25) is 0 Å². The highest BCUT2D eigenvalue weighted by Gasteiger charge is 2.29. The van der Waals surface area contributed by atoms with Crippen LogP contribution >= 0.6 is 11.8 Å². The number of nitrogens with zero attached hydrogens (tertiary/aromatic N) is 4. The number of halogens is 1. The summed E-state index contributed by atoms with van der Waals surface area (Å²) in [4.78, 5) is 33.1. The number of fused-ring (bicyclic) bond motifs is 1. The van der Waals surface area contributed by atoms with E-state index in [1.54, 1.807) is 12.3 Å². The fraction of sp³-hybridized carbons (Fsp3) is 0.455. The molecule has 0 unspecified atom stereocenters. The van der Waals surface area contributed by atoms with Crippen molar-refractivity contribution in [3.05, 3.63) is 36.0 Å². The number of hydrogen-bond donors (Lipinski definition) is 1. The number of nitriles is 1. The maximum absolute atomic E-state index is 14.1. The first kappa shape index (κ1) is 21.4. The zero-order valence-corrected chi connectivity index (χ0v) is 17.9. The number of alkyl halides is 1. The molecule has 0 radical (unpaired) electrons. The van der Waals surface area contributed by atoms with Crippen molar-refractivity contribution < 1.29 is 15.4 Å². The van der Waals surface area contributed by atoms with E-state index in [9.17, 15) is 14.0 Å². The summed E-state index contributed by atoms with van der Waals surface area (Å²) in [6.07, 6.45) is 3.08. The first-order valence-electron chi connectivity index (χ1n) is 10.4. The molecule has 31 heavy (non-hydrogen) atoms. The Bertz CT molecular complexity index is 1030. The molecular formula is C22H26FN5O2S. The van der Waals surface area contributed by atoms with E-state index in [0.29, 0.717) is 41.1 Å². The Morgan fingerprint density at radius 1 is 1.35 bits per heavy atom. The van der Waals surface area contributed by atoms with E-state index in [-0.39, 0.29) is 19.8 Å². The summed E-state index contributed by atoms with van der Waals surface area (Å²) in [5, 5.41) is 12.5. The van der Waals surface area contributed by atoms with Gasteiger partial charge in [-0.25, -0.2) is 4.39 Å². The Labute approximate surface area is 186 Å². The van der Waals surface area contributed by atoms with E-state index in [4.69, 9.17) is 5.26 Å². The van der Waals surface area contributed by atoms with E-state index >= 15 is 0 Å². The Hall–Kier alpha value is -2.86. The number of anilines is 1. The molecule has 9 heteroatoms. The summed E-state index contributed by atoms with van der Waals surface area (Å²) >= 11 is 1.52. The van der Waals surface area contributed by atoms with E-state index in [1.807, 2.05) is 23.1 Å². The molecule has 0 saturated carbocycles. The number of benzene rings is 1. The van der Waals surface area contributed by atoms with Gasteiger partial charge >= 0.3 is 0 Å². The lowest BCUT2D eigenvalue weighted by Gasteiger charge is -2.24. The number of amides is 2. The fourth-order valence-corrected chi connectivity index (χ4v) is 5.11. The lowest BCUT2D eigenvalue weighted by molar-refractivity contribution is -0.129. The molecule has 4 rings (SSSR count). The van der Waals surface area contributed by atoms with Gasteiger partial charge in [0.05, 0.1) is 29.6 Å². The molecule has 1 aromatic carbocycles. The highest BCUT2D eigenvalue weighted by Crippen LogP contribution is 2.26. The lowest BCUT2D eigenvalue weighted by Crippen LogP contribution is -2.42. The maximum Gasteiger partial charge on any atom is 0.252 e. The molecule has 1 N–H and O–H groups in total. The molecule has 0 bridgehead atoms. The normalized spacial score (nSPS) is 21.5. The molecule has 1 aromatic heterocycles. The van der Waals surface area contributed by atoms with Crippen LogP contribution in [0.1, 0.15) is 31.0 Å². The largest absolute Gasteiger partial charge is 0.369 e. The summed E-state index contributed by atoms with van der Waals surface area (Å²) in [5.74, 6) is 0.393. The van der Waals surface area contributed by atoms with Crippen LogP contribution in [0.4, 0.5) is 10.1 Å². The second-order valence-electron chi connectivity index (χ2n) is 7.79. The SMILES string of the molecule is N#C[C@@H]1CSCN1C(=O)CNC(=O)c1ccnc2ccc(N3CCCC[C@H](F)C3)cc12.[HH]. The Kier molecular flexibility index (Phi) is 6.56. The number of rotatable bonds is 4. The van der Waals surface area contributed by atoms with Gasteiger partial charge < -0.3 is 15.1 Å². The van der Waals surface area contributed by atoms with Gasteiger partial charge in [-0.3, -0.25) is 14.6 Å². The highest BCUT2D eigenvalue weighted by atomic mass is 32.2. The van der Waals surface area contributed by atoms with Crippen LogP contribution in [0.15, 0.2) is 30.5 Å². The van der Waals surface area contributed by atoms with Crippen LogP contribution in [0.25, 0.3) is 10.9 Å². The van der Waals surface area contributed by atoms with Gasteiger partial charge in [-0.1, -0.05) is 0 Å². The van der Waals surface area contributed by atoms with Gasteiger partial charge in [-0.05, 0) is 43.5 Å². The minimum atomic E-state index is -0.859. The molecule has 2 amide bonds. The zero-order valence-electron chi connectivity index (χ0n) is 17.1. The first-order chi connectivity index (χ1) is 15.1. The summed E-state index contributed by atoms with van der Waals surface area (Å²) in [6.45, 7) is 0.947. The van der Waals surface area contributed by atoms with Crippen molar-refractivity contribution in [2.45, 2.75) is 31.5 Å². The topological polar surface area (TPSA) is 89.3 Å². The van der Waals surface area contributed by atoms with Gasteiger partial charge in [0.1, 0.15) is 12.2 Å². The molecule has 0 aliphatic carbocycles. The molecule has 2 aliphatic heterocycles. The van der Waals surface area contributed by atoms with Crippen molar-refractivity contribution in [1.29, 1.82) is 5.26 Å². The molecule has 3 heterocycles. The van der Waals surface area contributed by atoms with Crippen molar-refractivity contribution >= 4 is 40.2 Å². The number of aromatic nitrogens is 1. The van der Waals surface area contributed by atoms with E-state index in [2.05, 4.69) is 16.4 Å². The third-order valence-electron chi connectivity index (χ3n) is 5.70. The monoisotopic (exact) mass is 443 g/mol. The zero-order chi connectivity index (χ0) is 21.8. The maximum atomic E-state index is 14.1. The molecular weight excluding hydrogens is 417 g/mol. The average Bonchev–Trinajstić information content (AvgIpc) is 3.17. The molecule has 2 aromatic rings. The lowest BCUT2D eigenvalue weighted by atomic mass is 10.1. The standard InChI is InChI=1S/C22H24FN5O2S.H2/c23-15-3-1-2-8-27(12-15)16-4-5-20-19(9-16)18(6-7-25-20)22(30)26-11-21(29)28-14-31-13-17(28)10-24;/h4-7,9,15,17H,1-3,8,11-14H2,(H,26,30);1H/t15-,17+;/m0./s1. The Morgan fingerprint density at radius 2 is 2.23 bits per heavy atom. The molecule has 7 nitrogen and oxygen atoms in total. The van der Waals surface area contributed by atoms with Crippen molar-refractivity contribution in [2.24, 2.45) is 0 Å². The quantitative estimate of drug-likeness (QED) is 0.782. The van der Waals surface area contributed by atoms with Crippen molar-refractivity contribution in [3.63, 3.8) is 0 Å². The van der Waals surface area contributed by atoms with Crippen LogP contribution in [0.5, 0.6) is 0 Å². The Balaban J connectivity index is 0.00000289. The second-order valence-corrected chi connectivity index (χ2v) is 8.79. The molecule has 2 fully saturated rings. The summed E-state index contributed by atoms with van der Waals surface area (Å²) < 4.78 is 14.1. The smallest absolute Gasteiger partial charge is 0.252 e. The predicted molar refractivity (Wildman–Crippen MR) is 121 cm³/mol. The number of pyridine rings is 1. The number of hydrogen-bond acceptors (Lipinski definition) is 6. The van der Waals surface area contributed by atoms with Gasteiger partial charge in [-0.15, -0.1) is 11.8 Å². The molecule has 2 atom stereocenters. The third-order valence-corrected chi connectivity index (χ3v) is 6.71. The van der Waals surface area contributed by atoms with Crippen LogP contribution in [-0.2, 0) is 4.79 Å². The minimum Gasteiger partial charge on any atom is -0.369 e. The van der Waals surface area contributed by atoms with Crippen LogP contribution in [-0.4, -0.2) is 65.2 Å². The summed E-state index contributed by atoms with van der Waals surface area (Å²) in [6, 6.07) is 8.90. The van der Waals surface area contributed by atoms with Gasteiger partial charge in [0.2, 0.25) is 5.91 Å². The minimum absolute atomic E-state index is 0. The van der Waals surface area contributed by atoms with Crippen LogP contribution in [0, 0.1) is 11.3 Å². The van der Waals surface area contributed by atoms with Crippen molar-refractivity contribution in [3.8, 4) is 6.07 Å². The predicted octanol–water partition coefficient (Wildman–Crippen LogP) is 2.96. The number of nitrogens with one attached hydrogen (secondary N) is 1. The van der Waals surface area contributed by atoms with E-state index in [0.717, 1.165) is 25.1 Å². The second kappa shape index (κ2) is 9.52. The van der Waals surface area contributed by atoms with Crippen LogP contribution in [0.3, 0.4) is 0 Å². The number of carbonyl (C=O) groups is 2. The molecule has 164 valence electrons. The molecule has 2 aliphatic rings. The Morgan fingerprint density at radius 3 is 3.06 bits per heavy atom.